The topological polar surface area (TPSA) is 37.9 Å². The van der Waals surface area contributed by atoms with Gasteiger partial charge in [-0.15, -0.1) is 11.8 Å². The van der Waals surface area contributed by atoms with Crippen LogP contribution < -0.4 is 4.74 Å². The fraction of sp³-hybridized carbons (Fsp3) is 0.250. The number of rotatable bonds is 5. The number of nitrogens with zero attached hydrogens (tertiary/aromatic N) is 1. The summed E-state index contributed by atoms with van der Waals surface area (Å²) in [6, 6.07) is 10.6. The lowest BCUT2D eigenvalue weighted by Crippen LogP contribution is -1.96. The third kappa shape index (κ3) is 3.06. The first kappa shape index (κ1) is 15.3. The zero-order valence-corrected chi connectivity index (χ0v) is 14.5. The van der Waals surface area contributed by atoms with Crippen LogP contribution in [0.2, 0.25) is 0 Å². The molecular weight excluding hydrogens is 316 g/mol. The van der Waals surface area contributed by atoms with Crippen molar-refractivity contribution in [2.75, 3.05) is 12.4 Å². The molecular formula is C20H20N2OS. The van der Waals surface area contributed by atoms with E-state index in [0.29, 0.717) is 12.5 Å². The minimum atomic E-state index is 0.482. The summed E-state index contributed by atoms with van der Waals surface area (Å²) in [5, 5.41) is 3.41. The quantitative estimate of drug-likeness (QED) is 0.720. The molecule has 3 nitrogen and oxygen atoms in total. The zero-order chi connectivity index (χ0) is 16.4. The Morgan fingerprint density at radius 3 is 3.12 bits per heavy atom. The molecule has 1 aromatic carbocycles. The van der Waals surface area contributed by atoms with E-state index in [2.05, 4.69) is 51.9 Å². The number of aromatic nitrogens is 2. The lowest BCUT2D eigenvalue weighted by atomic mass is 10.00. The van der Waals surface area contributed by atoms with Crippen LogP contribution in [0.5, 0.6) is 5.75 Å². The molecule has 0 radical (unpaired) electrons. The number of allylic oxidation sites excluding steroid dienone is 1. The number of thioether (sulfide) groups is 1. The van der Waals surface area contributed by atoms with Gasteiger partial charge in [0.1, 0.15) is 11.4 Å². The maximum Gasteiger partial charge on any atom is 0.137 e. The van der Waals surface area contributed by atoms with Gasteiger partial charge in [0.15, 0.2) is 0 Å². The molecule has 0 bridgehead atoms. The van der Waals surface area contributed by atoms with Crippen LogP contribution in [0.3, 0.4) is 0 Å². The highest BCUT2D eigenvalue weighted by Crippen LogP contribution is 2.31. The summed E-state index contributed by atoms with van der Waals surface area (Å²) in [6.07, 6.45) is 7.22. The van der Waals surface area contributed by atoms with E-state index in [0.717, 1.165) is 23.6 Å². The maximum absolute atomic E-state index is 5.61. The molecule has 4 rings (SSSR count). The van der Waals surface area contributed by atoms with Crippen LogP contribution in [-0.4, -0.2) is 22.3 Å². The second-order valence-corrected chi connectivity index (χ2v) is 6.94. The molecule has 1 unspecified atom stereocenters. The summed E-state index contributed by atoms with van der Waals surface area (Å²) in [6.45, 7) is 2.70. The number of aromatic amines is 1. The van der Waals surface area contributed by atoms with Gasteiger partial charge in [-0.1, -0.05) is 18.2 Å². The highest BCUT2D eigenvalue weighted by molar-refractivity contribution is 8.02. The van der Waals surface area contributed by atoms with Crippen molar-refractivity contribution in [3.05, 3.63) is 70.9 Å². The summed E-state index contributed by atoms with van der Waals surface area (Å²) in [5.41, 5.74) is 4.79. The zero-order valence-electron chi connectivity index (χ0n) is 13.7. The van der Waals surface area contributed by atoms with Crippen LogP contribution in [-0.2, 0) is 6.42 Å². The van der Waals surface area contributed by atoms with E-state index in [1.54, 1.807) is 0 Å². The average molecular weight is 336 g/mol. The second kappa shape index (κ2) is 6.73. The highest BCUT2D eigenvalue weighted by atomic mass is 32.2. The van der Waals surface area contributed by atoms with E-state index in [1.165, 1.54) is 22.1 Å². The smallest absolute Gasteiger partial charge is 0.137 e. The van der Waals surface area contributed by atoms with Crippen molar-refractivity contribution in [1.29, 1.82) is 0 Å². The van der Waals surface area contributed by atoms with Gasteiger partial charge < -0.3 is 9.72 Å². The summed E-state index contributed by atoms with van der Waals surface area (Å²) >= 11 is 1.87. The molecule has 24 heavy (non-hydrogen) atoms. The minimum Gasteiger partial charge on any atom is -0.494 e. The second-order valence-electron chi connectivity index (χ2n) is 6.00. The molecule has 0 spiro atoms. The number of nitrogens with one attached hydrogen (secondary N) is 1. The van der Waals surface area contributed by atoms with E-state index in [9.17, 15) is 0 Å². The van der Waals surface area contributed by atoms with Crippen LogP contribution in [0.4, 0.5) is 0 Å². The Kier molecular flexibility index (Phi) is 4.30. The van der Waals surface area contributed by atoms with Gasteiger partial charge >= 0.3 is 0 Å². The molecule has 1 atom stereocenters. The number of benzene rings is 1. The summed E-state index contributed by atoms with van der Waals surface area (Å²) < 4.78 is 5.61. The summed E-state index contributed by atoms with van der Waals surface area (Å²) in [4.78, 5) is 7.91. The van der Waals surface area contributed by atoms with E-state index < -0.39 is 0 Å². The number of hydrogen-bond acceptors (Lipinski definition) is 3. The van der Waals surface area contributed by atoms with Crippen LogP contribution >= 0.6 is 11.8 Å². The van der Waals surface area contributed by atoms with Crippen LogP contribution in [0.15, 0.2) is 54.2 Å². The molecule has 2 aromatic heterocycles. The Bertz CT molecular complexity index is 884. The lowest BCUT2D eigenvalue weighted by Gasteiger charge is -2.08. The fourth-order valence-corrected chi connectivity index (χ4v) is 4.05. The third-order valence-corrected chi connectivity index (χ3v) is 5.25. The third-order valence-electron chi connectivity index (χ3n) is 4.35. The average Bonchev–Trinajstić information content (AvgIpc) is 3.26. The Labute approximate surface area is 146 Å². The molecule has 1 aliphatic rings. The van der Waals surface area contributed by atoms with Crippen LogP contribution in [0.1, 0.15) is 29.5 Å². The van der Waals surface area contributed by atoms with E-state index in [4.69, 9.17) is 4.74 Å². The summed E-state index contributed by atoms with van der Waals surface area (Å²) in [7, 11) is 0. The standard InChI is InChI=1S/C20H20N2OS/c1-2-23-18-5-3-4-14(9-18)8-17-12-22-20-19(17)10-16(11-21-20)15-6-7-24-13-15/h3-7,9-12,15H,2,8,13H2,1H3,(H,21,22). The molecule has 1 N–H and O–H groups in total. The molecule has 0 fully saturated rings. The van der Waals surface area contributed by atoms with Gasteiger partial charge in [0.2, 0.25) is 0 Å². The predicted molar refractivity (Wildman–Crippen MR) is 101 cm³/mol. The molecule has 122 valence electrons. The maximum atomic E-state index is 5.61. The van der Waals surface area contributed by atoms with Gasteiger partial charge in [0.25, 0.3) is 0 Å². The predicted octanol–water partition coefficient (Wildman–Crippen LogP) is 4.90. The Hall–Kier alpha value is -2.20. The largest absolute Gasteiger partial charge is 0.494 e. The molecule has 3 aromatic rings. The van der Waals surface area contributed by atoms with E-state index in [-0.39, 0.29) is 0 Å². The molecule has 0 saturated heterocycles. The number of fused-ring (bicyclic) bond motifs is 1. The van der Waals surface area contributed by atoms with Gasteiger partial charge in [-0.2, -0.15) is 0 Å². The number of pyridine rings is 1. The first-order valence-electron chi connectivity index (χ1n) is 8.29. The van der Waals surface area contributed by atoms with Crippen molar-refractivity contribution in [3.63, 3.8) is 0 Å². The lowest BCUT2D eigenvalue weighted by molar-refractivity contribution is 0.340. The Morgan fingerprint density at radius 1 is 1.33 bits per heavy atom. The molecule has 4 heteroatoms. The highest BCUT2D eigenvalue weighted by Gasteiger charge is 2.15. The first-order valence-corrected chi connectivity index (χ1v) is 9.34. The minimum absolute atomic E-state index is 0.482. The fourth-order valence-electron chi connectivity index (χ4n) is 3.13. The Balaban J connectivity index is 1.65. The first-order chi connectivity index (χ1) is 11.8. The van der Waals surface area contributed by atoms with E-state index in [1.807, 2.05) is 30.9 Å². The van der Waals surface area contributed by atoms with Gasteiger partial charge in [-0.05, 0) is 53.6 Å². The van der Waals surface area contributed by atoms with E-state index >= 15 is 0 Å². The van der Waals surface area contributed by atoms with Crippen molar-refractivity contribution in [2.24, 2.45) is 0 Å². The number of H-pyrrole nitrogens is 1. The van der Waals surface area contributed by atoms with Gasteiger partial charge in [0.05, 0.1) is 6.61 Å². The van der Waals surface area contributed by atoms with Crippen molar-refractivity contribution in [3.8, 4) is 5.75 Å². The van der Waals surface area contributed by atoms with Crippen LogP contribution in [0.25, 0.3) is 11.0 Å². The number of ether oxygens (including phenoxy) is 1. The molecule has 1 aliphatic heterocycles. The van der Waals surface area contributed by atoms with Crippen molar-refractivity contribution in [1.82, 2.24) is 9.97 Å². The SMILES string of the molecule is CCOc1cccc(Cc2c[nH]c3ncc(C4C=CSC4)cc23)c1. The van der Waals surface area contributed by atoms with Gasteiger partial charge in [-0.25, -0.2) is 4.98 Å². The van der Waals surface area contributed by atoms with Crippen molar-refractivity contribution < 1.29 is 4.74 Å². The van der Waals surface area contributed by atoms with Gasteiger partial charge in [0, 0.05) is 29.5 Å². The summed E-state index contributed by atoms with van der Waals surface area (Å²) in [5.74, 6) is 2.53. The monoisotopic (exact) mass is 336 g/mol. The Morgan fingerprint density at radius 2 is 2.29 bits per heavy atom. The molecule has 0 saturated carbocycles. The van der Waals surface area contributed by atoms with Crippen molar-refractivity contribution in [2.45, 2.75) is 19.3 Å². The van der Waals surface area contributed by atoms with Crippen molar-refractivity contribution >= 4 is 22.8 Å². The molecule has 3 heterocycles. The molecule has 0 amide bonds. The number of hydrogen-bond donors (Lipinski definition) is 1. The van der Waals surface area contributed by atoms with Crippen LogP contribution in [0, 0.1) is 0 Å². The van der Waals surface area contributed by atoms with Gasteiger partial charge in [-0.3, -0.25) is 0 Å². The molecule has 0 aliphatic carbocycles. The normalized spacial score (nSPS) is 16.8.